The second-order valence-electron chi connectivity index (χ2n) is 5.54. The van der Waals surface area contributed by atoms with E-state index in [0.29, 0.717) is 17.3 Å². The van der Waals surface area contributed by atoms with Crippen LogP contribution in [0, 0.1) is 0 Å². The van der Waals surface area contributed by atoms with Gasteiger partial charge in [0.05, 0.1) is 5.69 Å². The minimum atomic E-state index is 0.000567. The number of carbonyl (C=O) groups excluding carboxylic acids is 1. The molecule has 3 rings (SSSR count). The molecule has 4 nitrogen and oxygen atoms in total. The summed E-state index contributed by atoms with van der Waals surface area (Å²) >= 11 is 0. The van der Waals surface area contributed by atoms with Gasteiger partial charge >= 0.3 is 0 Å². The van der Waals surface area contributed by atoms with Crippen molar-refractivity contribution >= 4 is 11.6 Å². The van der Waals surface area contributed by atoms with E-state index in [0.717, 1.165) is 24.0 Å². The first-order valence-corrected chi connectivity index (χ1v) is 7.34. The van der Waals surface area contributed by atoms with Crippen LogP contribution in [0.1, 0.15) is 36.0 Å². The van der Waals surface area contributed by atoms with Crippen LogP contribution in [0.2, 0.25) is 0 Å². The van der Waals surface area contributed by atoms with Crippen LogP contribution >= 0.6 is 0 Å². The Bertz CT molecular complexity index is 648. The lowest BCUT2D eigenvalue weighted by Crippen LogP contribution is -2.32. The first-order chi connectivity index (χ1) is 10.2. The van der Waals surface area contributed by atoms with Crippen molar-refractivity contribution in [1.29, 1.82) is 0 Å². The maximum Gasteiger partial charge on any atom is 0.251 e. The van der Waals surface area contributed by atoms with Crippen LogP contribution in [0.25, 0.3) is 11.1 Å². The zero-order chi connectivity index (χ0) is 14.7. The Morgan fingerprint density at radius 2 is 1.95 bits per heavy atom. The highest BCUT2D eigenvalue weighted by molar-refractivity contribution is 5.95. The molecule has 0 radical (unpaired) electrons. The Morgan fingerprint density at radius 3 is 2.71 bits per heavy atom. The number of nitrogens with zero attached hydrogens (tertiary/aromatic N) is 1. The molecule has 1 amide bonds. The summed E-state index contributed by atoms with van der Waals surface area (Å²) in [6, 6.07) is 9.77. The molecule has 0 aliphatic heterocycles. The van der Waals surface area contributed by atoms with Crippen LogP contribution in [0.3, 0.4) is 0 Å². The van der Waals surface area contributed by atoms with Crippen LogP contribution < -0.4 is 11.1 Å². The molecular weight excluding hydrogens is 262 g/mol. The van der Waals surface area contributed by atoms with E-state index in [1.165, 1.54) is 12.8 Å². The first-order valence-electron chi connectivity index (χ1n) is 7.34. The molecule has 0 atom stereocenters. The third-order valence-electron chi connectivity index (χ3n) is 3.91. The number of anilines is 1. The molecule has 1 fully saturated rings. The van der Waals surface area contributed by atoms with Gasteiger partial charge in [-0.1, -0.05) is 25.0 Å². The highest BCUT2D eigenvalue weighted by atomic mass is 16.1. The minimum Gasteiger partial charge on any atom is -0.397 e. The Kier molecular flexibility index (Phi) is 3.86. The molecule has 1 heterocycles. The van der Waals surface area contributed by atoms with Gasteiger partial charge in [-0.2, -0.15) is 0 Å². The van der Waals surface area contributed by atoms with E-state index >= 15 is 0 Å². The van der Waals surface area contributed by atoms with E-state index in [4.69, 9.17) is 5.73 Å². The first kappa shape index (κ1) is 13.6. The van der Waals surface area contributed by atoms with Crippen molar-refractivity contribution in [2.24, 2.45) is 0 Å². The monoisotopic (exact) mass is 281 g/mol. The average molecular weight is 281 g/mol. The van der Waals surface area contributed by atoms with Crippen LogP contribution in [-0.2, 0) is 0 Å². The summed E-state index contributed by atoms with van der Waals surface area (Å²) in [5.41, 5.74) is 8.94. The van der Waals surface area contributed by atoms with E-state index in [-0.39, 0.29) is 5.91 Å². The van der Waals surface area contributed by atoms with Gasteiger partial charge in [0.2, 0.25) is 0 Å². The predicted octanol–water partition coefficient (Wildman–Crippen LogP) is 3.00. The Morgan fingerprint density at radius 1 is 1.14 bits per heavy atom. The number of aromatic nitrogens is 1. The molecule has 1 aliphatic carbocycles. The van der Waals surface area contributed by atoms with Crippen LogP contribution in [0.15, 0.2) is 42.7 Å². The molecule has 0 unspecified atom stereocenters. The number of hydrogen-bond acceptors (Lipinski definition) is 3. The van der Waals surface area contributed by atoms with Gasteiger partial charge in [0, 0.05) is 29.6 Å². The lowest BCUT2D eigenvalue weighted by molar-refractivity contribution is 0.0938. The van der Waals surface area contributed by atoms with Crippen LogP contribution in [0.4, 0.5) is 5.69 Å². The zero-order valence-corrected chi connectivity index (χ0v) is 11.9. The van der Waals surface area contributed by atoms with Gasteiger partial charge in [0.25, 0.3) is 5.91 Å². The number of hydrogen-bond donors (Lipinski definition) is 2. The molecule has 3 N–H and O–H groups in total. The standard InChI is InChI=1S/C17H19N3O/c18-15-9-14(10-19-11-15)12-4-3-5-13(8-12)17(21)20-16-6-1-2-7-16/h3-5,8-11,16H,1-2,6-7,18H2,(H,20,21). The predicted molar refractivity (Wildman–Crippen MR) is 83.8 cm³/mol. The topological polar surface area (TPSA) is 68.0 Å². The summed E-state index contributed by atoms with van der Waals surface area (Å²) < 4.78 is 0. The van der Waals surface area contributed by atoms with Crippen molar-refractivity contribution in [3.63, 3.8) is 0 Å². The summed E-state index contributed by atoms with van der Waals surface area (Å²) in [7, 11) is 0. The van der Waals surface area contributed by atoms with E-state index < -0.39 is 0 Å². The van der Waals surface area contributed by atoms with Gasteiger partial charge in [0.1, 0.15) is 0 Å². The summed E-state index contributed by atoms with van der Waals surface area (Å²) in [4.78, 5) is 16.4. The second-order valence-corrected chi connectivity index (χ2v) is 5.54. The van der Waals surface area contributed by atoms with Crippen molar-refractivity contribution in [1.82, 2.24) is 10.3 Å². The number of carbonyl (C=O) groups is 1. The molecule has 0 bridgehead atoms. The number of amides is 1. The maximum absolute atomic E-state index is 12.3. The summed E-state index contributed by atoms with van der Waals surface area (Å²) in [6.45, 7) is 0. The normalized spacial score (nSPS) is 15.0. The lowest BCUT2D eigenvalue weighted by atomic mass is 10.0. The number of nitrogen functional groups attached to an aromatic ring is 1. The quantitative estimate of drug-likeness (QED) is 0.908. The fourth-order valence-corrected chi connectivity index (χ4v) is 2.79. The molecule has 4 heteroatoms. The van der Waals surface area contributed by atoms with Crippen molar-refractivity contribution in [2.45, 2.75) is 31.7 Å². The lowest BCUT2D eigenvalue weighted by Gasteiger charge is -2.12. The molecule has 108 valence electrons. The zero-order valence-electron chi connectivity index (χ0n) is 11.9. The Balaban J connectivity index is 1.80. The Hall–Kier alpha value is -2.36. The summed E-state index contributed by atoms with van der Waals surface area (Å²) in [5.74, 6) is 0.000567. The largest absolute Gasteiger partial charge is 0.397 e. The number of nitrogens with two attached hydrogens (primary N) is 1. The van der Waals surface area contributed by atoms with Gasteiger partial charge < -0.3 is 11.1 Å². The number of pyridine rings is 1. The third-order valence-corrected chi connectivity index (χ3v) is 3.91. The van der Waals surface area contributed by atoms with Crippen molar-refractivity contribution in [2.75, 3.05) is 5.73 Å². The SMILES string of the molecule is Nc1cncc(-c2cccc(C(=O)NC3CCCC3)c2)c1. The molecule has 21 heavy (non-hydrogen) atoms. The highest BCUT2D eigenvalue weighted by Crippen LogP contribution is 2.22. The second kappa shape index (κ2) is 5.95. The molecule has 1 aromatic carbocycles. The van der Waals surface area contributed by atoms with Crippen molar-refractivity contribution in [3.05, 3.63) is 48.3 Å². The van der Waals surface area contributed by atoms with Gasteiger partial charge in [-0.3, -0.25) is 9.78 Å². The van der Waals surface area contributed by atoms with E-state index in [9.17, 15) is 4.79 Å². The van der Waals surface area contributed by atoms with E-state index in [1.54, 1.807) is 12.4 Å². The van der Waals surface area contributed by atoms with Crippen LogP contribution in [-0.4, -0.2) is 16.9 Å². The third kappa shape index (κ3) is 3.21. The molecule has 1 aliphatic rings. The van der Waals surface area contributed by atoms with Crippen molar-refractivity contribution < 1.29 is 4.79 Å². The average Bonchev–Trinajstić information content (AvgIpc) is 3.00. The van der Waals surface area contributed by atoms with Crippen molar-refractivity contribution in [3.8, 4) is 11.1 Å². The van der Waals surface area contributed by atoms with Crippen LogP contribution in [0.5, 0.6) is 0 Å². The minimum absolute atomic E-state index is 0.000567. The molecule has 2 aromatic rings. The Labute approximate surface area is 124 Å². The molecule has 0 saturated heterocycles. The number of rotatable bonds is 3. The molecule has 0 spiro atoms. The molecular formula is C17H19N3O. The number of benzene rings is 1. The molecule has 1 saturated carbocycles. The smallest absolute Gasteiger partial charge is 0.251 e. The summed E-state index contributed by atoms with van der Waals surface area (Å²) in [5, 5.41) is 3.11. The molecule has 1 aromatic heterocycles. The fraction of sp³-hybridized carbons (Fsp3) is 0.294. The van der Waals surface area contributed by atoms with Gasteiger partial charge in [-0.15, -0.1) is 0 Å². The fourth-order valence-electron chi connectivity index (χ4n) is 2.79. The van der Waals surface area contributed by atoms with E-state index in [1.807, 2.05) is 30.3 Å². The highest BCUT2D eigenvalue weighted by Gasteiger charge is 2.18. The number of nitrogens with one attached hydrogen (secondary N) is 1. The summed E-state index contributed by atoms with van der Waals surface area (Å²) in [6.07, 6.45) is 7.96. The van der Waals surface area contributed by atoms with Gasteiger partial charge in [0.15, 0.2) is 0 Å². The van der Waals surface area contributed by atoms with Gasteiger partial charge in [-0.25, -0.2) is 0 Å². The van der Waals surface area contributed by atoms with E-state index in [2.05, 4.69) is 10.3 Å². The maximum atomic E-state index is 12.3. The van der Waals surface area contributed by atoms with Gasteiger partial charge in [-0.05, 0) is 36.6 Å².